The number of ether oxygens (including phenoxy) is 2. The number of morpholine rings is 1. The molecule has 2 heterocycles. The van der Waals surface area contributed by atoms with Crippen LogP contribution in [0.4, 0.5) is 0 Å². The predicted molar refractivity (Wildman–Crippen MR) is 81.6 cm³/mol. The van der Waals surface area contributed by atoms with Gasteiger partial charge in [-0.15, -0.1) is 0 Å². The van der Waals surface area contributed by atoms with Crippen molar-refractivity contribution in [1.82, 2.24) is 15.0 Å². The third-order valence-corrected chi connectivity index (χ3v) is 3.67. The van der Waals surface area contributed by atoms with Crippen molar-refractivity contribution in [3.63, 3.8) is 0 Å². The standard InChI is InChI=1S/C16H21N3O3/c1-11-8-19(9-12(2)21-11)10-15-17-16(18-22-15)13-4-6-14(20-3)7-5-13/h4-7,11-12H,8-10H2,1-3H3/t11-,12+. The average molecular weight is 303 g/mol. The fraction of sp³-hybridized carbons (Fsp3) is 0.500. The summed E-state index contributed by atoms with van der Waals surface area (Å²) in [4.78, 5) is 6.76. The number of methoxy groups -OCH3 is 1. The Hall–Kier alpha value is -1.92. The lowest BCUT2D eigenvalue weighted by Crippen LogP contribution is -2.44. The van der Waals surface area contributed by atoms with E-state index in [0.717, 1.165) is 24.4 Å². The maximum Gasteiger partial charge on any atom is 0.241 e. The molecule has 0 aliphatic carbocycles. The molecule has 0 radical (unpaired) electrons. The maximum atomic E-state index is 5.73. The van der Waals surface area contributed by atoms with Gasteiger partial charge in [0.1, 0.15) is 5.75 Å². The molecule has 3 rings (SSSR count). The van der Waals surface area contributed by atoms with E-state index in [-0.39, 0.29) is 12.2 Å². The van der Waals surface area contributed by atoms with E-state index in [2.05, 4.69) is 28.9 Å². The molecule has 0 amide bonds. The summed E-state index contributed by atoms with van der Waals surface area (Å²) in [6.07, 6.45) is 0.459. The highest BCUT2D eigenvalue weighted by Crippen LogP contribution is 2.20. The van der Waals surface area contributed by atoms with E-state index in [1.807, 2.05) is 24.3 Å². The molecule has 0 bridgehead atoms. The molecule has 1 aromatic carbocycles. The van der Waals surface area contributed by atoms with Crippen molar-refractivity contribution < 1.29 is 14.0 Å². The monoisotopic (exact) mass is 303 g/mol. The summed E-state index contributed by atoms with van der Waals surface area (Å²) in [6.45, 7) is 6.58. The molecule has 1 aromatic heterocycles. The molecule has 22 heavy (non-hydrogen) atoms. The first kappa shape index (κ1) is 15.0. The van der Waals surface area contributed by atoms with Gasteiger partial charge in [-0.1, -0.05) is 5.16 Å². The number of benzene rings is 1. The van der Waals surface area contributed by atoms with Gasteiger partial charge in [0.25, 0.3) is 0 Å². The van der Waals surface area contributed by atoms with Crippen molar-refractivity contribution in [3.8, 4) is 17.1 Å². The van der Waals surface area contributed by atoms with Gasteiger partial charge in [0.15, 0.2) is 0 Å². The van der Waals surface area contributed by atoms with Crippen LogP contribution in [0, 0.1) is 0 Å². The van der Waals surface area contributed by atoms with Crippen molar-refractivity contribution >= 4 is 0 Å². The van der Waals surface area contributed by atoms with Gasteiger partial charge in [-0.05, 0) is 38.1 Å². The van der Waals surface area contributed by atoms with Crippen LogP contribution in [0.5, 0.6) is 5.75 Å². The van der Waals surface area contributed by atoms with Crippen LogP contribution in [0.15, 0.2) is 28.8 Å². The van der Waals surface area contributed by atoms with Crippen LogP contribution in [0.25, 0.3) is 11.4 Å². The highest BCUT2D eigenvalue weighted by Gasteiger charge is 2.23. The summed E-state index contributed by atoms with van der Waals surface area (Å²) in [5.74, 6) is 2.04. The molecule has 1 saturated heterocycles. The molecule has 6 heteroatoms. The van der Waals surface area contributed by atoms with Gasteiger partial charge >= 0.3 is 0 Å². The van der Waals surface area contributed by atoms with Gasteiger partial charge in [-0.3, -0.25) is 4.90 Å². The van der Waals surface area contributed by atoms with Crippen molar-refractivity contribution in [2.45, 2.75) is 32.6 Å². The lowest BCUT2D eigenvalue weighted by atomic mass is 10.2. The van der Waals surface area contributed by atoms with Crippen molar-refractivity contribution in [1.29, 1.82) is 0 Å². The van der Waals surface area contributed by atoms with Gasteiger partial charge in [0.2, 0.25) is 11.7 Å². The van der Waals surface area contributed by atoms with E-state index in [9.17, 15) is 0 Å². The lowest BCUT2D eigenvalue weighted by Gasteiger charge is -2.34. The second-order valence-corrected chi connectivity index (χ2v) is 5.69. The summed E-state index contributed by atoms with van der Waals surface area (Å²) in [7, 11) is 1.64. The predicted octanol–water partition coefficient (Wildman–Crippen LogP) is 2.35. The van der Waals surface area contributed by atoms with Crippen molar-refractivity contribution in [2.75, 3.05) is 20.2 Å². The Morgan fingerprint density at radius 1 is 1.18 bits per heavy atom. The van der Waals surface area contributed by atoms with Gasteiger partial charge in [-0.2, -0.15) is 4.98 Å². The Morgan fingerprint density at radius 2 is 1.86 bits per heavy atom. The summed E-state index contributed by atoms with van der Waals surface area (Å²) in [5, 5.41) is 4.06. The largest absolute Gasteiger partial charge is 0.497 e. The molecule has 2 aromatic rings. The molecule has 6 nitrogen and oxygen atoms in total. The first-order valence-electron chi connectivity index (χ1n) is 7.49. The first-order valence-corrected chi connectivity index (χ1v) is 7.49. The zero-order valence-electron chi connectivity index (χ0n) is 13.2. The minimum Gasteiger partial charge on any atom is -0.497 e. The molecule has 0 saturated carbocycles. The minimum atomic E-state index is 0.229. The Kier molecular flexibility index (Phi) is 4.40. The topological polar surface area (TPSA) is 60.6 Å². The lowest BCUT2D eigenvalue weighted by molar-refractivity contribution is -0.0725. The van der Waals surface area contributed by atoms with E-state index in [1.165, 1.54) is 0 Å². The van der Waals surface area contributed by atoms with Crippen LogP contribution in [0.3, 0.4) is 0 Å². The Labute approximate surface area is 130 Å². The summed E-state index contributed by atoms with van der Waals surface area (Å²) in [5.41, 5.74) is 0.916. The second-order valence-electron chi connectivity index (χ2n) is 5.69. The van der Waals surface area contributed by atoms with Gasteiger partial charge in [0.05, 0.1) is 25.9 Å². The fourth-order valence-electron chi connectivity index (χ4n) is 2.78. The van der Waals surface area contributed by atoms with E-state index < -0.39 is 0 Å². The molecule has 0 unspecified atom stereocenters. The zero-order valence-corrected chi connectivity index (χ0v) is 13.2. The number of hydrogen-bond donors (Lipinski definition) is 0. The van der Waals surface area contributed by atoms with Crippen LogP contribution >= 0.6 is 0 Å². The van der Waals surface area contributed by atoms with E-state index >= 15 is 0 Å². The summed E-state index contributed by atoms with van der Waals surface area (Å²) >= 11 is 0. The van der Waals surface area contributed by atoms with Crippen LogP contribution in [0.2, 0.25) is 0 Å². The highest BCUT2D eigenvalue weighted by molar-refractivity contribution is 5.55. The Bertz CT molecular complexity index is 601. The Balaban J connectivity index is 1.68. The van der Waals surface area contributed by atoms with Crippen LogP contribution in [-0.4, -0.2) is 47.4 Å². The quantitative estimate of drug-likeness (QED) is 0.864. The molecule has 1 aliphatic heterocycles. The molecular weight excluding hydrogens is 282 g/mol. The fourth-order valence-corrected chi connectivity index (χ4v) is 2.78. The zero-order chi connectivity index (χ0) is 15.5. The highest BCUT2D eigenvalue weighted by atomic mass is 16.5. The first-order chi connectivity index (χ1) is 10.6. The molecule has 2 atom stereocenters. The van der Waals surface area contributed by atoms with E-state index in [1.54, 1.807) is 7.11 Å². The minimum absolute atomic E-state index is 0.229. The molecular formula is C16H21N3O3. The van der Waals surface area contributed by atoms with Gasteiger partial charge in [0, 0.05) is 18.7 Å². The molecule has 118 valence electrons. The van der Waals surface area contributed by atoms with E-state index in [0.29, 0.717) is 18.3 Å². The van der Waals surface area contributed by atoms with Gasteiger partial charge in [-0.25, -0.2) is 0 Å². The Morgan fingerprint density at radius 3 is 2.50 bits per heavy atom. The normalized spacial score (nSPS) is 22.7. The SMILES string of the molecule is COc1ccc(-c2noc(CN3C[C@@H](C)O[C@@H](C)C3)n2)cc1. The van der Waals surface area contributed by atoms with Crippen LogP contribution in [0.1, 0.15) is 19.7 Å². The maximum absolute atomic E-state index is 5.73. The second kappa shape index (κ2) is 6.46. The van der Waals surface area contributed by atoms with Crippen molar-refractivity contribution in [2.24, 2.45) is 0 Å². The van der Waals surface area contributed by atoms with Crippen molar-refractivity contribution in [3.05, 3.63) is 30.2 Å². The van der Waals surface area contributed by atoms with Crippen LogP contribution in [-0.2, 0) is 11.3 Å². The molecule has 1 fully saturated rings. The number of hydrogen-bond acceptors (Lipinski definition) is 6. The molecule has 1 aliphatic rings. The van der Waals surface area contributed by atoms with Gasteiger partial charge < -0.3 is 14.0 Å². The summed E-state index contributed by atoms with van der Waals surface area (Å²) < 4.78 is 16.3. The third kappa shape index (κ3) is 3.45. The number of nitrogens with zero attached hydrogens (tertiary/aromatic N) is 3. The number of rotatable bonds is 4. The number of aromatic nitrogens is 2. The molecule has 0 spiro atoms. The third-order valence-electron chi connectivity index (χ3n) is 3.67. The summed E-state index contributed by atoms with van der Waals surface area (Å²) in [6, 6.07) is 7.62. The average Bonchev–Trinajstić information content (AvgIpc) is 2.95. The molecule has 0 N–H and O–H groups in total. The van der Waals surface area contributed by atoms with E-state index in [4.69, 9.17) is 14.0 Å². The smallest absolute Gasteiger partial charge is 0.241 e. The van der Waals surface area contributed by atoms with Crippen LogP contribution < -0.4 is 4.74 Å².